The van der Waals surface area contributed by atoms with E-state index in [9.17, 15) is 9.59 Å². The molecule has 0 spiro atoms. The van der Waals surface area contributed by atoms with E-state index in [-0.39, 0.29) is 17.2 Å². The van der Waals surface area contributed by atoms with Crippen molar-refractivity contribution in [3.63, 3.8) is 0 Å². The molecule has 0 atom stereocenters. The van der Waals surface area contributed by atoms with Gasteiger partial charge in [0.25, 0.3) is 5.56 Å². The van der Waals surface area contributed by atoms with Crippen molar-refractivity contribution in [1.82, 2.24) is 19.2 Å². The number of carbonyl (C=O) groups is 1. The molecule has 0 saturated carbocycles. The molecule has 1 N–H and O–H groups in total. The van der Waals surface area contributed by atoms with Gasteiger partial charge in [-0.25, -0.2) is 0 Å². The first-order chi connectivity index (χ1) is 16.5. The molecule has 2 aromatic heterocycles. The van der Waals surface area contributed by atoms with Gasteiger partial charge in [-0.2, -0.15) is 0 Å². The Labute approximate surface area is 200 Å². The van der Waals surface area contributed by atoms with Crippen LogP contribution in [0.5, 0.6) is 0 Å². The number of hydrogen-bond acceptors (Lipinski definition) is 5. The second kappa shape index (κ2) is 9.15. The summed E-state index contributed by atoms with van der Waals surface area (Å²) in [7, 11) is 0. The number of benzene rings is 3. The van der Waals surface area contributed by atoms with E-state index in [1.54, 1.807) is 10.6 Å². The Hall–Kier alpha value is -3.91. The first-order valence-corrected chi connectivity index (χ1v) is 11.9. The normalized spacial score (nSPS) is 11.2. The Morgan fingerprint density at radius 1 is 0.912 bits per heavy atom. The summed E-state index contributed by atoms with van der Waals surface area (Å²) >= 11 is 1.29. The van der Waals surface area contributed by atoms with Crippen LogP contribution in [0, 0.1) is 13.8 Å². The minimum absolute atomic E-state index is 0.122. The summed E-state index contributed by atoms with van der Waals surface area (Å²) in [6.07, 6.45) is 0. The van der Waals surface area contributed by atoms with Gasteiger partial charge in [0, 0.05) is 5.69 Å². The maximum absolute atomic E-state index is 13.3. The van der Waals surface area contributed by atoms with E-state index >= 15 is 0 Å². The van der Waals surface area contributed by atoms with Crippen molar-refractivity contribution in [2.24, 2.45) is 0 Å². The number of amides is 1. The Bertz CT molecular complexity index is 1550. The fraction of sp³-hybridized carbons (Fsp3) is 0.154. The third-order valence-electron chi connectivity index (χ3n) is 5.74. The maximum Gasteiger partial charge on any atom is 0.263 e. The number of aryl methyl sites for hydroxylation is 2. The average molecular weight is 470 g/mol. The zero-order valence-corrected chi connectivity index (χ0v) is 19.7. The molecule has 1 amide bonds. The second-order valence-corrected chi connectivity index (χ2v) is 9.06. The van der Waals surface area contributed by atoms with Crippen molar-refractivity contribution >= 4 is 40.0 Å². The third kappa shape index (κ3) is 4.08. The van der Waals surface area contributed by atoms with Crippen LogP contribution < -0.4 is 10.9 Å². The number of anilines is 1. The molecule has 8 heteroatoms. The van der Waals surface area contributed by atoms with E-state index < -0.39 is 0 Å². The molecular weight excluding hydrogens is 446 g/mol. The van der Waals surface area contributed by atoms with E-state index in [1.165, 1.54) is 11.8 Å². The highest BCUT2D eigenvalue weighted by molar-refractivity contribution is 7.99. The third-order valence-corrected chi connectivity index (χ3v) is 6.67. The van der Waals surface area contributed by atoms with Crippen LogP contribution >= 0.6 is 11.8 Å². The van der Waals surface area contributed by atoms with Gasteiger partial charge in [0.15, 0.2) is 5.16 Å². The van der Waals surface area contributed by atoms with Gasteiger partial charge in [-0.3, -0.25) is 18.6 Å². The first kappa shape index (κ1) is 21.9. The second-order valence-electron chi connectivity index (χ2n) is 8.12. The summed E-state index contributed by atoms with van der Waals surface area (Å²) in [5, 5.41) is 12.8. The highest BCUT2D eigenvalue weighted by Crippen LogP contribution is 2.24. The zero-order valence-electron chi connectivity index (χ0n) is 18.9. The molecule has 0 unspecified atom stereocenters. The van der Waals surface area contributed by atoms with Crippen LogP contribution in [0.4, 0.5) is 5.69 Å². The number of fused-ring (bicyclic) bond motifs is 3. The molecule has 0 bridgehead atoms. The molecule has 34 heavy (non-hydrogen) atoms. The Balaban J connectivity index is 1.50. The molecule has 0 radical (unpaired) electrons. The van der Waals surface area contributed by atoms with Gasteiger partial charge >= 0.3 is 0 Å². The van der Waals surface area contributed by atoms with Gasteiger partial charge in [0.2, 0.25) is 11.7 Å². The van der Waals surface area contributed by atoms with E-state index in [2.05, 4.69) is 15.5 Å². The van der Waals surface area contributed by atoms with Crippen LogP contribution in [0.25, 0.3) is 16.7 Å². The summed E-state index contributed by atoms with van der Waals surface area (Å²) in [6, 6.07) is 23.1. The molecule has 0 aliphatic rings. The van der Waals surface area contributed by atoms with Crippen LogP contribution in [-0.2, 0) is 11.3 Å². The van der Waals surface area contributed by atoms with Crippen LogP contribution in [0.3, 0.4) is 0 Å². The maximum atomic E-state index is 13.3. The Kier molecular flexibility index (Phi) is 5.90. The van der Waals surface area contributed by atoms with Gasteiger partial charge in [-0.15, -0.1) is 10.2 Å². The summed E-state index contributed by atoms with van der Waals surface area (Å²) in [5.41, 5.74) is 4.45. The van der Waals surface area contributed by atoms with E-state index in [0.29, 0.717) is 22.9 Å². The smallest absolute Gasteiger partial charge is 0.263 e. The molecule has 7 nitrogen and oxygen atoms in total. The van der Waals surface area contributed by atoms with Gasteiger partial charge in [-0.05, 0) is 42.7 Å². The van der Waals surface area contributed by atoms with Crippen molar-refractivity contribution in [3.8, 4) is 0 Å². The summed E-state index contributed by atoms with van der Waals surface area (Å²) in [4.78, 5) is 26.0. The lowest BCUT2D eigenvalue weighted by Gasteiger charge is -2.12. The summed E-state index contributed by atoms with van der Waals surface area (Å²) < 4.78 is 3.49. The van der Waals surface area contributed by atoms with Gasteiger partial charge in [0.1, 0.15) is 0 Å². The molecule has 5 rings (SSSR count). The van der Waals surface area contributed by atoms with Gasteiger partial charge in [-0.1, -0.05) is 72.4 Å². The van der Waals surface area contributed by atoms with E-state index in [0.717, 1.165) is 27.9 Å². The van der Waals surface area contributed by atoms with Crippen LogP contribution in [0.15, 0.2) is 82.7 Å². The number of hydrogen-bond donors (Lipinski definition) is 1. The quantitative estimate of drug-likeness (QED) is 0.372. The van der Waals surface area contributed by atoms with Crippen molar-refractivity contribution < 1.29 is 4.79 Å². The molecular formula is C26H23N5O2S. The number of aromatic nitrogens is 4. The number of thioether (sulfide) groups is 1. The molecule has 2 heterocycles. The summed E-state index contributed by atoms with van der Waals surface area (Å²) in [5.74, 6) is 0.493. The largest absolute Gasteiger partial charge is 0.325 e. The topological polar surface area (TPSA) is 81.3 Å². The molecule has 170 valence electrons. The lowest BCUT2D eigenvalue weighted by molar-refractivity contribution is -0.113. The minimum Gasteiger partial charge on any atom is -0.325 e. The number of nitrogens with one attached hydrogen (secondary N) is 1. The van der Waals surface area contributed by atoms with Gasteiger partial charge < -0.3 is 5.32 Å². The number of para-hydroxylation sites is 2. The first-order valence-electron chi connectivity index (χ1n) is 10.9. The predicted octanol–water partition coefficient (Wildman–Crippen LogP) is 4.44. The Morgan fingerprint density at radius 2 is 1.62 bits per heavy atom. The van der Waals surface area contributed by atoms with Crippen molar-refractivity contribution in [2.75, 3.05) is 11.1 Å². The van der Waals surface area contributed by atoms with Crippen molar-refractivity contribution in [2.45, 2.75) is 25.5 Å². The molecule has 3 aromatic carbocycles. The molecule has 0 fully saturated rings. The number of nitrogens with zero attached hydrogens (tertiary/aromatic N) is 4. The number of carbonyl (C=O) groups excluding carboxylic acids is 1. The molecule has 0 aliphatic carbocycles. The van der Waals surface area contributed by atoms with Crippen molar-refractivity contribution in [3.05, 3.63) is 99.8 Å². The van der Waals surface area contributed by atoms with E-state index in [4.69, 9.17) is 0 Å². The highest BCUT2D eigenvalue weighted by Gasteiger charge is 2.18. The predicted molar refractivity (Wildman–Crippen MR) is 136 cm³/mol. The van der Waals surface area contributed by atoms with E-state index in [1.807, 2.05) is 85.0 Å². The van der Waals surface area contributed by atoms with Crippen LogP contribution in [0.1, 0.15) is 16.7 Å². The van der Waals surface area contributed by atoms with Crippen LogP contribution in [0.2, 0.25) is 0 Å². The van der Waals surface area contributed by atoms with Crippen molar-refractivity contribution in [1.29, 1.82) is 0 Å². The van der Waals surface area contributed by atoms with Crippen LogP contribution in [-0.4, -0.2) is 30.8 Å². The molecule has 0 aliphatic heterocycles. The summed E-state index contributed by atoms with van der Waals surface area (Å²) in [6.45, 7) is 4.32. The zero-order chi connectivity index (χ0) is 23.7. The lowest BCUT2D eigenvalue weighted by atomic mass is 10.1. The lowest BCUT2D eigenvalue weighted by Crippen LogP contribution is -2.24. The standard InChI is InChI=1S/C26H23N5O2S/c1-17-9-8-10-18(2)23(17)27-22(32)16-34-26-29-28-25-30(15-19-11-4-3-5-12-19)24(33)20-13-6-7-14-21(20)31(25)26/h3-14H,15-16H2,1-2H3,(H,27,32). The molecule has 0 saturated heterocycles. The fourth-order valence-corrected chi connectivity index (χ4v) is 4.79. The minimum atomic E-state index is -0.124. The monoisotopic (exact) mass is 469 g/mol. The average Bonchev–Trinajstić information content (AvgIpc) is 3.27. The number of rotatable bonds is 6. The Morgan fingerprint density at radius 3 is 2.38 bits per heavy atom. The fourth-order valence-electron chi connectivity index (χ4n) is 4.05. The highest BCUT2D eigenvalue weighted by atomic mass is 32.2. The molecule has 5 aromatic rings. The SMILES string of the molecule is Cc1cccc(C)c1NC(=O)CSc1nnc2n(Cc3ccccc3)c(=O)c3ccccc3n12. The van der Waals surface area contributed by atoms with Gasteiger partial charge in [0.05, 0.1) is 23.2 Å².